The first kappa shape index (κ1) is 30.3. The molecule has 0 N–H and O–H groups in total. The first-order chi connectivity index (χ1) is 19.9. The zero-order chi connectivity index (χ0) is 30.1. The highest BCUT2D eigenvalue weighted by Gasteiger charge is 2.32. The Kier molecular flexibility index (Phi) is 8.84. The standard InChI is InChI=1S/C30H41F3N6O3/c1-21-18-36(14-15-38(21)25-9-8-24(17-34-25)30(31,32)33)19-23-20-39(26-7-5-6-16-41-26)35-27(23)22-10-12-37(13-11-22)28(40)42-29(2,3)4/h8-10,17,20-21,26H,5-7,11-16,18-19H2,1-4H3/t21-,26?/m1/s1. The van der Waals surface area contributed by atoms with Gasteiger partial charge >= 0.3 is 12.3 Å². The topological polar surface area (TPSA) is 76.0 Å². The highest BCUT2D eigenvalue weighted by atomic mass is 19.4. The van der Waals surface area contributed by atoms with E-state index >= 15 is 0 Å². The Morgan fingerprint density at radius 1 is 1.14 bits per heavy atom. The molecule has 42 heavy (non-hydrogen) atoms. The third kappa shape index (κ3) is 7.26. The van der Waals surface area contributed by atoms with E-state index in [4.69, 9.17) is 14.6 Å². The number of hydrogen-bond donors (Lipinski definition) is 0. The van der Waals surface area contributed by atoms with E-state index in [2.05, 4.69) is 34.0 Å². The molecule has 1 amide bonds. The molecule has 0 bridgehead atoms. The van der Waals surface area contributed by atoms with Crippen molar-refractivity contribution in [1.82, 2.24) is 24.6 Å². The predicted molar refractivity (Wildman–Crippen MR) is 153 cm³/mol. The van der Waals surface area contributed by atoms with Gasteiger partial charge in [-0.1, -0.05) is 6.08 Å². The van der Waals surface area contributed by atoms with Crippen LogP contribution in [-0.4, -0.2) is 81.6 Å². The number of carbonyl (C=O) groups is 1. The van der Waals surface area contributed by atoms with Gasteiger partial charge in [-0.2, -0.15) is 18.3 Å². The molecule has 2 aromatic rings. The van der Waals surface area contributed by atoms with Crippen molar-refractivity contribution < 1.29 is 27.4 Å². The van der Waals surface area contributed by atoms with Crippen molar-refractivity contribution in [2.24, 2.45) is 0 Å². The molecule has 12 heteroatoms. The molecule has 0 spiro atoms. The summed E-state index contributed by atoms with van der Waals surface area (Å²) in [5, 5.41) is 5.01. The number of alkyl halides is 3. The van der Waals surface area contributed by atoms with Crippen LogP contribution in [0.5, 0.6) is 0 Å². The fourth-order valence-electron chi connectivity index (χ4n) is 5.75. The van der Waals surface area contributed by atoms with Gasteiger partial charge in [-0.3, -0.25) is 4.90 Å². The van der Waals surface area contributed by atoms with E-state index in [9.17, 15) is 18.0 Å². The molecule has 0 aromatic carbocycles. The van der Waals surface area contributed by atoms with E-state index in [-0.39, 0.29) is 18.4 Å². The van der Waals surface area contributed by atoms with Gasteiger partial charge < -0.3 is 19.3 Å². The van der Waals surface area contributed by atoms with Crippen LogP contribution in [0.15, 0.2) is 30.6 Å². The smallest absolute Gasteiger partial charge is 0.417 e. The molecule has 2 aromatic heterocycles. The second-order valence-corrected chi connectivity index (χ2v) is 12.4. The molecule has 5 rings (SSSR count). The van der Waals surface area contributed by atoms with Crippen molar-refractivity contribution >= 4 is 17.5 Å². The van der Waals surface area contributed by atoms with Gasteiger partial charge in [0.05, 0.1) is 11.3 Å². The maximum atomic E-state index is 13.0. The highest BCUT2D eigenvalue weighted by molar-refractivity contribution is 5.72. The molecule has 2 atom stereocenters. The molecule has 5 heterocycles. The summed E-state index contributed by atoms with van der Waals surface area (Å²) in [5.74, 6) is 0.556. The molecular formula is C30H41F3N6O3. The largest absolute Gasteiger partial charge is 0.444 e. The maximum Gasteiger partial charge on any atom is 0.417 e. The Morgan fingerprint density at radius 2 is 1.95 bits per heavy atom. The normalized spacial score (nSPS) is 22.7. The number of pyridine rings is 1. The fourth-order valence-corrected chi connectivity index (χ4v) is 5.75. The van der Waals surface area contributed by atoms with Gasteiger partial charge in [-0.05, 0) is 71.1 Å². The Morgan fingerprint density at radius 3 is 2.55 bits per heavy atom. The second-order valence-electron chi connectivity index (χ2n) is 12.4. The monoisotopic (exact) mass is 590 g/mol. The van der Waals surface area contributed by atoms with Gasteiger partial charge in [-0.25, -0.2) is 14.5 Å². The molecule has 3 aliphatic rings. The molecule has 9 nitrogen and oxygen atoms in total. The van der Waals surface area contributed by atoms with E-state index < -0.39 is 17.3 Å². The Labute approximate surface area is 245 Å². The average Bonchev–Trinajstić information content (AvgIpc) is 3.36. The SMILES string of the molecule is C[C@@H]1CN(Cc2cn(C3CCCCO3)nc2C2=CCN(C(=O)OC(C)(C)C)CC2)CCN1c1ccc(C(F)(F)F)cn1. The number of rotatable bonds is 5. The van der Waals surface area contributed by atoms with E-state index in [1.165, 1.54) is 6.07 Å². The Hall–Kier alpha value is -3.12. The van der Waals surface area contributed by atoms with Crippen molar-refractivity contribution in [3.8, 4) is 0 Å². The molecule has 0 radical (unpaired) electrons. The minimum Gasteiger partial charge on any atom is -0.444 e. The number of amides is 1. The molecule has 2 saturated heterocycles. The third-order valence-electron chi connectivity index (χ3n) is 7.90. The number of halogens is 3. The van der Waals surface area contributed by atoms with Crippen LogP contribution in [0.2, 0.25) is 0 Å². The summed E-state index contributed by atoms with van der Waals surface area (Å²) in [5.41, 5.74) is 1.87. The van der Waals surface area contributed by atoms with Gasteiger partial charge in [0.1, 0.15) is 17.6 Å². The summed E-state index contributed by atoms with van der Waals surface area (Å²) in [6.07, 6.45) is 4.03. The van der Waals surface area contributed by atoms with Crippen molar-refractivity contribution in [3.05, 3.63) is 47.4 Å². The molecule has 3 aliphatic heterocycles. The number of hydrogen-bond acceptors (Lipinski definition) is 7. The van der Waals surface area contributed by atoms with Crippen LogP contribution in [0.1, 0.15) is 76.4 Å². The number of ether oxygens (including phenoxy) is 2. The van der Waals surface area contributed by atoms with Gasteiger partial charge in [0.2, 0.25) is 0 Å². The fraction of sp³-hybridized carbons (Fsp3) is 0.633. The first-order valence-corrected chi connectivity index (χ1v) is 14.8. The second kappa shape index (κ2) is 12.2. The minimum atomic E-state index is -4.40. The first-order valence-electron chi connectivity index (χ1n) is 14.8. The molecule has 1 unspecified atom stereocenters. The number of aromatic nitrogens is 3. The van der Waals surface area contributed by atoms with Crippen molar-refractivity contribution in [1.29, 1.82) is 0 Å². The van der Waals surface area contributed by atoms with Crippen molar-refractivity contribution in [2.45, 2.75) is 84.0 Å². The summed E-state index contributed by atoms with van der Waals surface area (Å²) in [6.45, 7) is 12.2. The minimum absolute atomic E-state index is 0.0689. The number of nitrogens with zero attached hydrogens (tertiary/aromatic N) is 6. The lowest BCUT2D eigenvalue weighted by Gasteiger charge is -2.40. The molecular weight excluding hydrogens is 549 g/mol. The predicted octanol–water partition coefficient (Wildman–Crippen LogP) is 5.73. The highest BCUT2D eigenvalue weighted by Crippen LogP contribution is 2.32. The zero-order valence-electron chi connectivity index (χ0n) is 24.9. The summed E-state index contributed by atoms with van der Waals surface area (Å²) in [6, 6.07) is 2.62. The average molecular weight is 591 g/mol. The lowest BCUT2D eigenvalue weighted by Crippen LogP contribution is -2.52. The molecule has 0 saturated carbocycles. The third-order valence-corrected chi connectivity index (χ3v) is 7.90. The van der Waals surface area contributed by atoms with E-state index in [0.29, 0.717) is 38.4 Å². The van der Waals surface area contributed by atoms with Crippen LogP contribution in [-0.2, 0) is 22.2 Å². The number of anilines is 1. The van der Waals surface area contributed by atoms with Crippen LogP contribution < -0.4 is 4.90 Å². The van der Waals surface area contributed by atoms with Crippen molar-refractivity contribution in [2.75, 3.05) is 44.2 Å². The van der Waals surface area contributed by atoms with Gasteiger partial charge in [0.25, 0.3) is 0 Å². The molecule has 2 fully saturated rings. The molecule has 230 valence electrons. The lowest BCUT2D eigenvalue weighted by atomic mass is 10.0. The molecule has 0 aliphatic carbocycles. The van der Waals surface area contributed by atoms with E-state index in [1.54, 1.807) is 4.90 Å². The van der Waals surface area contributed by atoms with Gasteiger partial charge in [0, 0.05) is 69.9 Å². The van der Waals surface area contributed by atoms with Crippen molar-refractivity contribution in [3.63, 3.8) is 0 Å². The Balaban J connectivity index is 1.29. The quantitative estimate of drug-likeness (QED) is 0.440. The van der Waals surface area contributed by atoms with Crippen LogP contribution >= 0.6 is 0 Å². The summed E-state index contributed by atoms with van der Waals surface area (Å²) >= 11 is 0. The van der Waals surface area contributed by atoms with Crippen LogP contribution in [0.3, 0.4) is 0 Å². The lowest BCUT2D eigenvalue weighted by molar-refractivity contribution is -0.137. The van der Waals surface area contributed by atoms with Crippen LogP contribution in [0.25, 0.3) is 5.57 Å². The zero-order valence-corrected chi connectivity index (χ0v) is 24.9. The van der Waals surface area contributed by atoms with Gasteiger partial charge in [0.15, 0.2) is 0 Å². The van der Waals surface area contributed by atoms with Crippen LogP contribution in [0.4, 0.5) is 23.8 Å². The Bertz CT molecular complexity index is 1260. The van der Waals surface area contributed by atoms with Gasteiger partial charge in [-0.15, -0.1) is 0 Å². The van der Waals surface area contributed by atoms with E-state index in [1.807, 2.05) is 25.5 Å². The maximum absolute atomic E-state index is 13.0. The number of piperazine rings is 1. The summed E-state index contributed by atoms with van der Waals surface area (Å²) in [7, 11) is 0. The summed E-state index contributed by atoms with van der Waals surface area (Å²) < 4.78 is 52.5. The van der Waals surface area contributed by atoms with E-state index in [0.717, 1.165) is 68.1 Å². The van der Waals surface area contributed by atoms with Crippen LogP contribution in [0, 0.1) is 0 Å². The number of carbonyl (C=O) groups excluding carboxylic acids is 1. The summed E-state index contributed by atoms with van der Waals surface area (Å²) in [4.78, 5) is 22.8.